The molecule has 0 amide bonds. The molecule has 0 aliphatic carbocycles. The smallest absolute Gasteiger partial charge is 0.416 e. The van der Waals surface area contributed by atoms with Crippen LogP contribution in [0.2, 0.25) is 0 Å². The molecule has 1 aromatic heterocycles. The topological polar surface area (TPSA) is 56.3 Å². The summed E-state index contributed by atoms with van der Waals surface area (Å²) < 4.78 is 38.9. The number of carboxylic acids is 1. The molecule has 2 aromatic carbocycles. The fourth-order valence-corrected chi connectivity index (χ4v) is 3.27. The number of nitrogens with one attached hydrogen (secondary N) is 1. The third-order valence-electron chi connectivity index (χ3n) is 4.56. The second kappa shape index (κ2) is 7.44. The van der Waals surface area contributed by atoms with E-state index in [-0.39, 0.29) is 6.54 Å². The fourth-order valence-electron chi connectivity index (χ4n) is 3.27. The lowest BCUT2D eigenvalue weighted by atomic mass is 10.0. The summed E-state index contributed by atoms with van der Waals surface area (Å²) in [5, 5.41) is 10.6. The molecule has 1 atom stereocenters. The first kappa shape index (κ1) is 19.0. The van der Waals surface area contributed by atoms with Crippen molar-refractivity contribution in [2.75, 3.05) is 6.54 Å². The van der Waals surface area contributed by atoms with E-state index in [2.05, 4.69) is 4.98 Å². The molecule has 2 N–H and O–H groups in total. The van der Waals surface area contributed by atoms with E-state index >= 15 is 0 Å². The molecule has 1 heterocycles. The predicted molar refractivity (Wildman–Crippen MR) is 96.2 cm³/mol. The van der Waals surface area contributed by atoms with Gasteiger partial charge < -0.3 is 10.1 Å². The second-order valence-corrected chi connectivity index (χ2v) is 6.29. The summed E-state index contributed by atoms with van der Waals surface area (Å²) in [7, 11) is 0. The lowest BCUT2D eigenvalue weighted by Crippen LogP contribution is -2.33. The molecule has 7 heteroatoms. The summed E-state index contributed by atoms with van der Waals surface area (Å²) in [6.07, 6.45) is -2.78. The molecule has 1 unspecified atom stereocenters. The van der Waals surface area contributed by atoms with Gasteiger partial charge in [0.05, 0.1) is 5.56 Å². The highest BCUT2D eigenvalue weighted by Crippen LogP contribution is 2.32. The van der Waals surface area contributed by atoms with Crippen molar-refractivity contribution in [1.82, 2.24) is 9.88 Å². The summed E-state index contributed by atoms with van der Waals surface area (Å²) in [6, 6.07) is 11.4. The molecule has 0 saturated carbocycles. The van der Waals surface area contributed by atoms with Crippen molar-refractivity contribution in [3.8, 4) is 0 Å². The number of carbonyl (C=O) groups is 1. The molecular formula is C20H19F3N2O2. The van der Waals surface area contributed by atoms with Crippen molar-refractivity contribution in [3.63, 3.8) is 0 Å². The number of hydrogen-bond acceptors (Lipinski definition) is 2. The molecule has 0 aliphatic heterocycles. The summed E-state index contributed by atoms with van der Waals surface area (Å²) in [6.45, 7) is 2.25. The van der Waals surface area contributed by atoms with Crippen LogP contribution in [0.4, 0.5) is 13.2 Å². The predicted octanol–water partition coefficient (Wildman–Crippen LogP) is 4.83. The van der Waals surface area contributed by atoms with Crippen LogP contribution in [0.15, 0.2) is 54.7 Å². The SMILES string of the molecule is CCN(Cc1cccc(C(F)(F)F)c1)C(C(=O)O)c1c[nH]c2ccccc12. The van der Waals surface area contributed by atoms with Gasteiger partial charge in [0.1, 0.15) is 6.04 Å². The van der Waals surface area contributed by atoms with E-state index in [1.54, 1.807) is 24.1 Å². The normalized spacial score (nSPS) is 13.2. The number of halogens is 3. The summed E-state index contributed by atoms with van der Waals surface area (Å²) >= 11 is 0. The summed E-state index contributed by atoms with van der Waals surface area (Å²) in [5.41, 5.74) is 1.08. The third kappa shape index (κ3) is 3.98. The van der Waals surface area contributed by atoms with Gasteiger partial charge in [-0.1, -0.05) is 43.3 Å². The number of alkyl halides is 3. The number of fused-ring (bicyclic) bond motifs is 1. The molecule has 27 heavy (non-hydrogen) atoms. The number of hydrogen-bond donors (Lipinski definition) is 2. The summed E-state index contributed by atoms with van der Waals surface area (Å²) in [5.74, 6) is -1.05. The van der Waals surface area contributed by atoms with Crippen LogP contribution in [-0.4, -0.2) is 27.5 Å². The standard InChI is InChI=1S/C20H19F3N2O2/c1-2-25(12-13-6-5-7-14(10-13)20(21,22)23)18(19(26)27)16-11-24-17-9-4-3-8-15(16)17/h3-11,18,24H,2,12H2,1H3,(H,26,27). The minimum atomic E-state index is -4.43. The van der Waals surface area contributed by atoms with E-state index in [4.69, 9.17) is 0 Å². The van der Waals surface area contributed by atoms with E-state index in [1.807, 2.05) is 24.3 Å². The van der Waals surface area contributed by atoms with E-state index in [1.165, 1.54) is 6.07 Å². The Morgan fingerprint density at radius 3 is 2.59 bits per heavy atom. The Morgan fingerprint density at radius 1 is 1.19 bits per heavy atom. The molecule has 0 bridgehead atoms. The molecule has 0 radical (unpaired) electrons. The van der Waals surface area contributed by atoms with Crippen LogP contribution in [0.25, 0.3) is 10.9 Å². The van der Waals surface area contributed by atoms with E-state index in [0.717, 1.165) is 23.0 Å². The second-order valence-electron chi connectivity index (χ2n) is 6.29. The maximum absolute atomic E-state index is 13.0. The van der Waals surface area contributed by atoms with Crippen LogP contribution in [-0.2, 0) is 17.5 Å². The number of likely N-dealkylation sites (N-methyl/N-ethyl adjacent to an activating group) is 1. The molecule has 0 spiro atoms. The average molecular weight is 376 g/mol. The lowest BCUT2D eigenvalue weighted by molar-refractivity contribution is -0.144. The van der Waals surface area contributed by atoms with Crippen LogP contribution < -0.4 is 0 Å². The monoisotopic (exact) mass is 376 g/mol. The molecule has 0 saturated heterocycles. The Bertz CT molecular complexity index is 950. The molecule has 0 aliphatic rings. The maximum Gasteiger partial charge on any atom is 0.416 e. The number of nitrogens with zero attached hydrogens (tertiary/aromatic N) is 1. The number of rotatable bonds is 6. The van der Waals surface area contributed by atoms with Gasteiger partial charge in [-0.15, -0.1) is 0 Å². The van der Waals surface area contributed by atoms with Crippen LogP contribution >= 0.6 is 0 Å². The summed E-state index contributed by atoms with van der Waals surface area (Å²) in [4.78, 5) is 16.7. The lowest BCUT2D eigenvalue weighted by Gasteiger charge is -2.28. The van der Waals surface area contributed by atoms with Crippen LogP contribution in [0.5, 0.6) is 0 Å². The van der Waals surface area contributed by atoms with Crippen molar-refractivity contribution in [3.05, 3.63) is 71.4 Å². The van der Waals surface area contributed by atoms with Crippen LogP contribution in [0.1, 0.15) is 29.7 Å². The van der Waals surface area contributed by atoms with Gasteiger partial charge in [0, 0.05) is 29.2 Å². The Hall–Kier alpha value is -2.80. The Morgan fingerprint density at radius 2 is 1.93 bits per heavy atom. The highest BCUT2D eigenvalue weighted by atomic mass is 19.4. The largest absolute Gasteiger partial charge is 0.480 e. The molecule has 0 fully saturated rings. The Kier molecular flexibility index (Phi) is 5.23. The van der Waals surface area contributed by atoms with Crippen LogP contribution in [0, 0.1) is 0 Å². The number of benzene rings is 2. The minimum Gasteiger partial charge on any atom is -0.480 e. The zero-order valence-corrected chi connectivity index (χ0v) is 14.6. The number of aliphatic carboxylic acids is 1. The van der Waals surface area contributed by atoms with Gasteiger partial charge in [0.2, 0.25) is 0 Å². The molecular weight excluding hydrogens is 357 g/mol. The van der Waals surface area contributed by atoms with Crippen LogP contribution in [0.3, 0.4) is 0 Å². The number of para-hydroxylation sites is 1. The highest BCUT2D eigenvalue weighted by Gasteiger charge is 2.32. The van der Waals surface area contributed by atoms with Gasteiger partial charge in [0.25, 0.3) is 0 Å². The van der Waals surface area contributed by atoms with Gasteiger partial charge in [-0.2, -0.15) is 13.2 Å². The molecule has 3 rings (SSSR count). The number of H-pyrrole nitrogens is 1. The van der Waals surface area contributed by atoms with E-state index < -0.39 is 23.8 Å². The molecule has 4 nitrogen and oxygen atoms in total. The first-order chi connectivity index (χ1) is 12.8. The first-order valence-corrected chi connectivity index (χ1v) is 8.50. The maximum atomic E-state index is 13.0. The van der Waals surface area contributed by atoms with Gasteiger partial charge in [0.15, 0.2) is 0 Å². The number of carboxylic acid groups (broad SMARTS) is 1. The van der Waals surface area contributed by atoms with Gasteiger partial charge in [-0.25, -0.2) is 0 Å². The third-order valence-corrected chi connectivity index (χ3v) is 4.56. The van der Waals surface area contributed by atoms with Gasteiger partial charge >= 0.3 is 12.1 Å². The van der Waals surface area contributed by atoms with Crippen molar-refractivity contribution in [1.29, 1.82) is 0 Å². The molecule has 3 aromatic rings. The van der Waals surface area contributed by atoms with E-state index in [9.17, 15) is 23.1 Å². The number of aromatic nitrogens is 1. The average Bonchev–Trinajstić information content (AvgIpc) is 3.04. The van der Waals surface area contributed by atoms with E-state index in [0.29, 0.717) is 17.7 Å². The highest BCUT2D eigenvalue weighted by molar-refractivity contribution is 5.89. The minimum absolute atomic E-state index is 0.0941. The van der Waals surface area contributed by atoms with Crippen molar-refractivity contribution in [2.45, 2.75) is 25.7 Å². The van der Waals surface area contributed by atoms with Gasteiger partial charge in [-0.05, 0) is 24.2 Å². The molecule has 142 valence electrons. The number of aromatic amines is 1. The zero-order chi connectivity index (χ0) is 19.6. The first-order valence-electron chi connectivity index (χ1n) is 8.50. The Balaban J connectivity index is 1.96. The quantitative estimate of drug-likeness (QED) is 0.648. The van der Waals surface area contributed by atoms with Crippen molar-refractivity contribution < 1.29 is 23.1 Å². The van der Waals surface area contributed by atoms with Crippen molar-refractivity contribution >= 4 is 16.9 Å². The van der Waals surface area contributed by atoms with Crippen molar-refractivity contribution in [2.24, 2.45) is 0 Å². The van der Waals surface area contributed by atoms with Gasteiger partial charge in [-0.3, -0.25) is 9.69 Å². The fraction of sp³-hybridized carbons (Fsp3) is 0.250. The Labute approximate surface area is 154 Å². The zero-order valence-electron chi connectivity index (χ0n) is 14.6.